The highest BCUT2D eigenvalue weighted by molar-refractivity contribution is 7.45. The topological polar surface area (TPSA) is 111 Å². The van der Waals surface area contributed by atoms with Gasteiger partial charge in [0.15, 0.2) is 6.10 Å². The van der Waals surface area contributed by atoms with Gasteiger partial charge in [0.1, 0.15) is 19.8 Å². The number of ether oxygens (including phenoxy) is 2. The summed E-state index contributed by atoms with van der Waals surface area (Å²) >= 11 is 0. The van der Waals surface area contributed by atoms with Gasteiger partial charge in [-0.1, -0.05) is 90.9 Å². The monoisotopic (exact) mass is 565 g/mol. The van der Waals surface area contributed by atoms with E-state index in [4.69, 9.17) is 18.5 Å². The molecule has 0 amide bonds. The third-order valence-corrected chi connectivity index (χ3v) is 7.09. The third-order valence-electron chi connectivity index (χ3n) is 6.13. The van der Waals surface area contributed by atoms with Crippen molar-refractivity contribution < 1.29 is 42.1 Å². The Labute approximate surface area is 232 Å². The lowest BCUT2D eigenvalue weighted by atomic mass is 10.1. The van der Waals surface area contributed by atoms with Gasteiger partial charge in [-0.15, -0.1) is 0 Å². The molecule has 0 radical (unpaired) electrons. The number of rotatable bonds is 26. The number of nitrogens with zero attached hydrogens (tertiary/aromatic N) is 1. The van der Waals surface area contributed by atoms with E-state index in [-0.39, 0.29) is 26.1 Å². The average molecular weight is 566 g/mol. The van der Waals surface area contributed by atoms with Crippen molar-refractivity contribution >= 4 is 19.8 Å². The van der Waals surface area contributed by atoms with Gasteiger partial charge in [-0.25, -0.2) is 0 Å². The van der Waals surface area contributed by atoms with Crippen LogP contribution in [0.15, 0.2) is 0 Å². The van der Waals surface area contributed by atoms with Crippen LogP contribution in [0.3, 0.4) is 0 Å². The maximum absolute atomic E-state index is 12.3. The zero-order valence-electron chi connectivity index (χ0n) is 24.9. The lowest BCUT2D eigenvalue weighted by Crippen LogP contribution is -2.37. The molecular weight excluding hydrogens is 509 g/mol. The highest BCUT2D eigenvalue weighted by atomic mass is 31.2. The summed E-state index contributed by atoms with van der Waals surface area (Å²) in [6.07, 6.45) is 14.6. The Morgan fingerprint density at radius 2 is 1.18 bits per heavy atom. The first-order valence-corrected chi connectivity index (χ1v) is 16.2. The summed E-state index contributed by atoms with van der Waals surface area (Å²) in [4.78, 5) is 36.7. The molecule has 0 heterocycles. The molecule has 0 aromatic rings. The molecule has 2 atom stereocenters. The minimum atomic E-state index is -4.59. The number of hydrogen-bond donors (Lipinski definition) is 0. The van der Waals surface area contributed by atoms with E-state index < -0.39 is 32.5 Å². The number of phosphoric acid groups is 1. The Hall–Kier alpha value is -0.990. The van der Waals surface area contributed by atoms with Gasteiger partial charge in [-0.05, 0) is 12.8 Å². The van der Waals surface area contributed by atoms with Crippen molar-refractivity contribution in [2.75, 3.05) is 47.5 Å². The van der Waals surface area contributed by atoms with E-state index >= 15 is 0 Å². The SMILES string of the molecule is CCCCCCCCCCC(=O)OC[C@H](COP(=O)([O-])OCC[N+](C)(C)C)OC(=O)CCCCCCCC. The molecule has 10 heteroatoms. The quantitative estimate of drug-likeness (QED) is 0.0549. The number of carbonyl (C=O) groups is 2. The van der Waals surface area contributed by atoms with E-state index in [9.17, 15) is 19.0 Å². The van der Waals surface area contributed by atoms with Crippen molar-refractivity contribution in [1.82, 2.24) is 0 Å². The van der Waals surface area contributed by atoms with Gasteiger partial charge in [-0.3, -0.25) is 14.2 Å². The third kappa shape index (κ3) is 25.3. The molecule has 0 aromatic carbocycles. The second-order valence-electron chi connectivity index (χ2n) is 11.1. The Kier molecular flexibility index (Phi) is 22.2. The molecule has 0 aliphatic rings. The minimum absolute atomic E-state index is 0.0274. The molecule has 9 nitrogen and oxygen atoms in total. The Balaban J connectivity index is 4.55. The van der Waals surface area contributed by atoms with Gasteiger partial charge in [-0.2, -0.15) is 0 Å². The van der Waals surface area contributed by atoms with Crippen LogP contribution in [0.1, 0.15) is 117 Å². The smallest absolute Gasteiger partial charge is 0.306 e. The van der Waals surface area contributed by atoms with Crippen molar-refractivity contribution in [2.24, 2.45) is 0 Å². The minimum Gasteiger partial charge on any atom is -0.756 e. The van der Waals surface area contributed by atoms with Crippen LogP contribution < -0.4 is 4.89 Å². The fraction of sp³-hybridized carbons (Fsp3) is 0.929. The van der Waals surface area contributed by atoms with Crippen molar-refractivity contribution in [2.45, 2.75) is 123 Å². The van der Waals surface area contributed by atoms with Gasteiger partial charge in [0.25, 0.3) is 7.82 Å². The summed E-state index contributed by atoms with van der Waals surface area (Å²) in [6, 6.07) is 0. The number of quaternary nitrogens is 1. The standard InChI is InChI=1S/C28H56NO8P/c1-6-8-10-12-14-15-17-18-20-27(30)34-24-26(37-28(31)21-19-16-13-11-9-7-2)25-36-38(32,33)35-23-22-29(3,4)5/h26H,6-25H2,1-5H3/t26-/m1/s1. The van der Waals surface area contributed by atoms with E-state index in [0.29, 0.717) is 17.4 Å². The van der Waals surface area contributed by atoms with Gasteiger partial charge in [0.2, 0.25) is 0 Å². The van der Waals surface area contributed by atoms with Crippen molar-refractivity contribution in [3.8, 4) is 0 Å². The fourth-order valence-electron chi connectivity index (χ4n) is 3.71. The van der Waals surface area contributed by atoms with Crippen LogP contribution in [0.4, 0.5) is 0 Å². The zero-order chi connectivity index (χ0) is 28.7. The van der Waals surface area contributed by atoms with Crippen LogP contribution >= 0.6 is 7.82 Å². The number of carbonyl (C=O) groups excluding carboxylic acids is 2. The molecule has 0 aromatic heterocycles. The lowest BCUT2D eigenvalue weighted by molar-refractivity contribution is -0.870. The van der Waals surface area contributed by atoms with Crippen molar-refractivity contribution in [3.63, 3.8) is 0 Å². The Morgan fingerprint density at radius 1 is 0.711 bits per heavy atom. The van der Waals surface area contributed by atoms with E-state index in [1.807, 2.05) is 21.1 Å². The number of hydrogen-bond acceptors (Lipinski definition) is 8. The predicted octanol–water partition coefficient (Wildman–Crippen LogP) is 5.93. The van der Waals surface area contributed by atoms with Crippen LogP contribution in [0.5, 0.6) is 0 Å². The first kappa shape index (κ1) is 37.0. The molecule has 38 heavy (non-hydrogen) atoms. The predicted molar refractivity (Wildman–Crippen MR) is 148 cm³/mol. The summed E-state index contributed by atoms with van der Waals surface area (Å²) in [7, 11) is 1.17. The number of phosphoric ester groups is 1. The normalized spacial score (nSPS) is 14.2. The summed E-state index contributed by atoms with van der Waals surface area (Å²) in [5.74, 6) is -0.850. The highest BCUT2D eigenvalue weighted by Gasteiger charge is 2.21. The fourth-order valence-corrected chi connectivity index (χ4v) is 4.44. The van der Waals surface area contributed by atoms with Crippen molar-refractivity contribution in [3.05, 3.63) is 0 Å². The number of likely N-dealkylation sites (N-methyl/N-ethyl adjacent to an activating group) is 1. The largest absolute Gasteiger partial charge is 0.756 e. The maximum Gasteiger partial charge on any atom is 0.306 e. The first-order valence-electron chi connectivity index (χ1n) is 14.7. The maximum atomic E-state index is 12.3. The second-order valence-corrected chi connectivity index (χ2v) is 12.5. The van der Waals surface area contributed by atoms with Crippen molar-refractivity contribution in [1.29, 1.82) is 0 Å². The van der Waals surface area contributed by atoms with Crippen LogP contribution in [-0.4, -0.2) is 70.0 Å². The number of esters is 2. The molecule has 0 spiro atoms. The van der Waals surface area contributed by atoms with Crippen LogP contribution in [0, 0.1) is 0 Å². The molecule has 0 aliphatic carbocycles. The summed E-state index contributed by atoms with van der Waals surface area (Å²) in [5, 5.41) is 0. The Bertz CT molecular complexity index is 653. The zero-order valence-corrected chi connectivity index (χ0v) is 25.8. The van der Waals surface area contributed by atoms with Gasteiger partial charge in [0.05, 0.1) is 27.7 Å². The van der Waals surface area contributed by atoms with Gasteiger partial charge in [0, 0.05) is 12.8 Å². The average Bonchev–Trinajstić information content (AvgIpc) is 2.83. The van der Waals surface area contributed by atoms with Gasteiger partial charge >= 0.3 is 11.9 Å². The molecule has 0 saturated carbocycles. The Morgan fingerprint density at radius 3 is 1.68 bits per heavy atom. The molecule has 0 N–H and O–H groups in total. The summed E-state index contributed by atoms with van der Waals surface area (Å²) in [5.41, 5.74) is 0. The van der Waals surface area contributed by atoms with Crippen LogP contribution in [-0.2, 0) is 32.7 Å². The number of unbranched alkanes of at least 4 members (excludes halogenated alkanes) is 12. The first-order chi connectivity index (χ1) is 18.0. The molecule has 0 aliphatic heterocycles. The highest BCUT2D eigenvalue weighted by Crippen LogP contribution is 2.38. The molecular formula is C28H56NO8P. The molecule has 1 unspecified atom stereocenters. The molecule has 0 rings (SSSR count). The van der Waals surface area contributed by atoms with E-state index in [1.54, 1.807) is 0 Å². The van der Waals surface area contributed by atoms with E-state index in [2.05, 4.69) is 13.8 Å². The molecule has 226 valence electrons. The summed E-state index contributed by atoms with van der Waals surface area (Å²) < 4.78 is 33.3. The summed E-state index contributed by atoms with van der Waals surface area (Å²) in [6.45, 7) is 4.08. The second kappa shape index (κ2) is 22.8. The molecule has 0 saturated heterocycles. The molecule has 0 fully saturated rings. The van der Waals surface area contributed by atoms with Crippen LogP contribution in [0.25, 0.3) is 0 Å². The van der Waals surface area contributed by atoms with Crippen LogP contribution in [0.2, 0.25) is 0 Å². The van der Waals surface area contributed by atoms with E-state index in [1.165, 1.54) is 38.5 Å². The van der Waals surface area contributed by atoms with E-state index in [0.717, 1.165) is 44.9 Å². The van der Waals surface area contributed by atoms with Gasteiger partial charge < -0.3 is 27.9 Å². The molecule has 0 bridgehead atoms. The lowest BCUT2D eigenvalue weighted by Gasteiger charge is -2.28.